The lowest BCUT2D eigenvalue weighted by molar-refractivity contribution is 0.902. The summed E-state index contributed by atoms with van der Waals surface area (Å²) in [7, 11) is 0. The molecule has 0 aliphatic heterocycles. The summed E-state index contributed by atoms with van der Waals surface area (Å²) >= 11 is 0. The lowest BCUT2D eigenvalue weighted by Crippen LogP contribution is -2.08. The van der Waals surface area contributed by atoms with Gasteiger partial charge < -0.3 is 4.57 Å². The zero-order valence-corrected chi connectivity index (χ0v) is 33.9. The standard InChI is InChI=1S/C57H39N5/c1-5-17-38(18-6-1)44-33-45(39-19-7-2-8-20-39)35-46(34-44)61-51-27-15-13-25-47(51)49-31-29-42(36-53(49)61)43-30-32-50-48-26-14-16-28-52(48)62(54(50)37-43)57-59-55(40-21-9-3-10-22-40)58-56(60-57)41-23-11-4-12-24-41/h1-13,15-25,27-37H,14,26H2. The van der Waals surface area contributed by atoms with Crippen LogP contribution in [-0.4, -0.2) is 24.1 Å². The summed E-state index contributed by atoms with van der Waals surface area (Å²) in [6.45, 7) is 0. The summed E-state index contributed by atoms with van der Waals surface area (Å²) < 4.78 is 4.69. The van der Waals surface area contributed by atoms with E-state index in [1.54, 1.807) is 0 Å². The molecule has 12 rings (SSSR count). The van der Waals surface area contributed by atoms with Gasteiger partial charge in [0.25, 0.3) is 0 Å². The molecule has 5 nitrogen and oxygen atoms in total. The Morgan fingerprint density at radius 1 is 0.355 bits per heavy atom. The van der Waals surface area contributed by atoms with Crippen molar-refractivity contribution < 1.29 is 0 Å². The number of para-hydroxylation sites is 1. The fraction of sp³-hybridized carbons (Fsp3) is 0.0351. The van der Waals surface area contributed by atoms with Crippen LogP contribution in [0.4, 0.5) is 0 Å². The number of aryl methyl sites for hydroxylation is 1. The number of hydrogen-bond acceptors (Lipinski definition) is 3. The van der Waals surface area contributed by atoms with Gasteiger partial charge in [0.1, 0.15) is 0 Å². The third-order valence-electron chi connectivity index (χ3n) is 12.2. The topological polar surface area (TPSA) is 48.5 Å². The molecular weight excluding hydrogens is 755 g/mol. The van der Waals surface area contributed by atoms with E-state index in [2.05, 4.69) is 185 Å². The second kappa shape index (κ2) is 14.8. The normalized spacial score (nSPS) is 12.3. The van der Waals surface area contributed by atoms with Gasteiger partial charge in [-0.2, -0.15) is 9.97 Å². The van der Waals surface area contributed by atoms with Crippen molar-refractivity contribution >= 4 is 38.8 Å². The number of benzene rings is 8. The van der Waals surface area contributed by atoms with Crippen LogP contribution in [0.15, 0.2) is 206 Å². The van der Waals surface area contributed by atoms with Crippen molar-refractivity contribution in [2.75, 3.05) is 0 Å². The highest BCUT2D eigenvalue weighted by Gasteiger charge is 2.23. The van der Waals surface area contributed by atoms with Crippen molar-refractivity contribution in [1.29, 1.82) is 0 Å². The third-order valence-corrected chi connectivity index (χ3v) is 12.2. The molecule has 0 spiro atoms. The van der Waals surface area contributed by atoms with Crippen molar-refractivity contribution in [2.24, 2.45) is 0 Å². The van der Waals surface area contributed by atoms with E-state index >= 15 is 0 Å². The first-order valence-electron chi connectivity index (χ1n) is 21.2. The molecule has 0 radical (unpaired) electrons. The first-order valence-corrected chi connectivity index (χ1v) is 21.2. The van der Waals surface area contributed by atoms with Crippen molar-refractivity contribution in [2.45, 2.75) is 12.8 Å². The van der Waals surface area contributed by atoms with Gasteiger partial charge in [0.05, 0.1) is 22.2 Å². The summed E-state index contributed by atoms with van der Waals surface area (Å²) in [5.41, 5.74) is 15.9. The summed E-state index contributed by atoms with van der Waals surface area (Å²) in [4.78, 5) is 15.4. The molecule has 5 heteroatoms. The fourth-order valence-corrected chi connectivity index (χ4v) is 9.29. The molecule has 292 valence electrons. The van der Waals surface area contributed by atoms with E-state index in [1.165, 1.54) is 49.5 Å². The minimum absolute atomic E-state index is 0.607. The van der Waals surface area contributed by atoms with E-state index in [4.69, 9.17) is 15.0 Å². The van der Waals surface area contributed by atoms with Crippen LogP contribution in [0, 0.1) is 0 Å². The van der Waals surface area contributed by atoms with Crippen LogP contribution in [-0.2, 0) is 6.42 Å². The van der Waals surface area contributed by atoms with Crippen LogP contribution in [0.25, 0.3) is 107 Å². The van der Waals surface area contributed by atoms with E-state index in [0.29, 0.717) is 17.6 Å². The number of rotatable bonds is 7. The van der Waals surface area contributed by atoms with E-state index in [-0.39, 0.29) is 0 Å². The van der Waals surface area contributed by atoms with Crippen molar-refractivity contribution in [3.63, 3.8) is 0 Å². The van der Waals surface area contributed by atoms with Crippen LogP contribution >= 0.6 is 0 Å². The highest BCUT2D eigenvalue weighted by atomic mass is 15.2. The Bertz CT molecular complexity index is 3380. The second-order valence-corrected chi connectivity index (χ2v) is 16.0. The maximum atomic E-state index is 5.20. The highest BCUT2D eigenvalue weighted by Crippen LogP contribution is 2.40. The smallest absolute Gasteiger partial charge is 0.238 e. The fourth-order valence-electron chi connectivity index (χ4n) is 9.29. The number of aromatic nitrogens is 5. The molecule has 1 aliphatic rings. The van der Waals surface area contributed by atoms with Crippen LogP contribution in [0.5, 0.6) is 0 Å². The SMILES string of the molecule is C1=Cc2c(c3ccc(-c4ccc5c6ccccc6n(-c6cc(-c7ccccc7)cc(-c7ccccc7)c6)c5c4)cc3n2-c2nc(-c3ccccc3)nc(-c3ccccc3)n2)CC1. The monoisotopic (exact) mass is 793 g/mol. The summed E-state index contributed by atoms with van der Waals surface area (Å²) in [5.74, 6) is 1.90. The Morgan fingerprint density at radius 2 is 0.855 bits per heavy atom. The van der Waals surface area contributed by atoms with Crippen LogP contribution in [0.3, 0.4) is 0 Å². The quantitative estimate of drug-likeness (QED) is 0.161. The third kappa shape index (κ3) is 6.13. The van der Waals surface area contributed by atoms with Gasteiger partial charge in [-0.25, -0.2) is 4.98 Å². The Balaban J connectivity index is 1.07. The average molecular weight is 794 g/mol. The van der Waals surface area contributed by atoms with Crippen molar-refractivity contribution in [1.82, 2.24) is 24.1 Å². The zero-order chi connectivity index (χ0) is 41.0. The van der Waals surface area contributed by atoms with Gasteiger partial charge >= 0.3 is 0 Å². The van der Waals surface area contributed by atoms with E-state index in [0.717, 1.165) is 57.5 Å². The molecule has 0 saturated carbocycles. The molecule has 8 aromatic carbocycles. The van der Waals surface area contributed by atoms with Gasteiger partial charge in [-0.05, 0) is 94.3 Å². The van der Waals surface area contributed by atoms with Gasteiger partial charge in [-0.3, -0.25) is 4.57 Å². The minimum Gasteiger partial charge on any atom is -0.309 e. The zero-order valence-electron chi connectivity index (χ0n) is 33.9. The summed E-state index contributed by atoms with van der Waals surface area (Å²) in [5, 5.41) is 3.66. The van der Waals surface area contributed by atoms with Gasteiger partial charge in [0.15, 0.2) is 11.6 Å². The number of hydrogen-bond donors (Lipinski definition) is 0. The van der Waals surface area contributed by atoms with Gasteiger partial charge in [-0.15, -0.1) is 0 Å². The summed E-state index contributed by atoms with van der Waals surface area (Å²) in [6, 6.07) is 71.4. The Labute approximate surface area is 359 Å². The number of nitrogens with zero attached hydrogens (tertiary/aromatic N) is 5. The van der Waals surface area contributed by atoms with Gasteiger partial charge in [-0.1, -0.05) is 170 Å². The largest absolute Gasteiger partial charge is 0.309 e. The molecule has 0 saturated heterocycles. The maximum absolute atomic E-state index is 5.20. The van der Waals surface area contributed by atoms with E-state index in [1.807, 2.05) is 36.4 Å². The number of allylic oxidation sites excluding steroid dienone is 1. The summed E-state index contributed by atoms with van der Waals surface area (Å²) in [6.07, 6.45) is 6.45. The molecule has 0 unspecified atom stereocenters. The molecule has 0 N–H and O–H groups in total. The average Bonchev–Trinajstić information content (AvgIpc) is 3.87. The van der Waals surface area contributed by atoms with Crippen LogP contribution in [0.1, 0.15) is 17.7 Å². The molecule has 11 aromatic rings. The highest BCUT2D eigenvalue weighted by molar-refractivity contribution is 6.10. The van der Waals surface area contributed by atoms with E-state index in [9.17, 15) is 0 Å². The lowest BCUT2D eigenvalue weighted by atomic mass is 9.97. The van der Waals surface area contributed by atoms with Crippen LogP contribution < -0.4 is 0 Å². The van der Waals surface area contributed by atoms with Gasteiger partial charge in [0, 0.05) is 33.0 Å². The van der Waals surface area contributed by atoms with E-state index < -0.39 is 0 Å². The molecule has 0 amide bonds. The maximum Gasteiger partial charge on any atom is 0.238 e. The Kier molecular flexibility index (Phi) is 8.56. The number of fused-ring (bicyclic) bond motifs is 6. The van der Waals surface area contributed by atoms with Crippen molar-refractivity contribution in [3.05, 3.63) is 218 Å². The molecule has 3 heterocycles. The Hall–Kier alpha value is -8.15. The molecule has 1 aliphatic carbocycles. The molecule has 62 heavy (non-hydrogen) atoms. The predicted molar refractivity (Wildman–Crippen MR) is 256 cm³/mol. The molecule has 0 atom stereocenters. The van der Waals surface area contributed by atoms with Crippen LogP contribution in [0.2, 0.25) is 0 Å². The molecule has 0 bridgehead atoms. The second-order valence-electron chi connectivity index (χ2n) is 16.0. The van der Waals surface area contributed by atoms with Crippen molar-refractivity contribution in [3.8, 4) is 67.8 Å². The first-order chi connectivity index (χ1) is 30.7. The van der Waals surface area contributed by atoms with Gasteiger partial charge in [0.2, 0.25) is 5.95 Å². The molecular formula is C57H39N5. The lowest BCUT2D eigenvalue weighted by Gasteiger charge is -2.14. The minimum atomic E-state index is 0.607. The first kappa shape index (κ1) is 35.8. The molecule has 3 aromatic heterocycles. The Morgan fingerprint density at radius 3 is 1.45 bits per heavy atom. The predicted octanol–water partition coefficient (Wildman–Crippen LogP) is 14.2. The molecule has 0 fully saturated rings.